The van der Waals surface area contributed by atoms with Gasteiger partial charge in [-0.15, -0.1) is 0 Å². The number of hydrogen-bond donors (Lipinski definition) is 0. The van der Waals surface area contributed by atoms with Crippen molar-refractivity contribution in [1.82, 2.24) is 4.90 Å². The third kappa shape index (κ3) is 8.69. The van der Waals surface area contributed by atoms with E-state index in [4.69, 9.17) is 37.1 Å². The van der Waals surface area contributed by atoms with Crippen LogP contribution in [0.1, 0.15) is 72.8 Å². The molecule has 0 bridgehead atoms. The van der Waals surface area contributed by atoms with E-state index in [9.17, 15) is 4.79 Å². The molecule has 0 radical (unpaired) electrons. The van der Waals surface area contributed by atoms with Crippen molar-refractivity contribution in [2.45, 2.75) is 77.6 Å². The van der Waals surface area contributed by atoms with Gasteiger partial charge in [0.15, 0.2) is 0 Å². The van der Waals surface area contributed by atoms with Gasteiger partial charge < -0.3 is 14.4 Å². The fourth-order valence-corrected chi connectivity index (χ4v) is 4.50. The third-order valence-corrected chi connectivity index (χ3v) is 7.46. The molecule has 0 aliphatic carbocycles. The van der Waals surface area contributed by atoms with Gasteiger partial charge in [0.2, 0.25) is 0 Å². The molecule has 5 nitrogen and oxygen atoms in total. The molecule has 1 saturated heterocycles. The molecule has 1 amide bonds. The Labute approximate surface area is 219 Å². The highest BCUT2D eigenvalue weighted by Crippen LogP contribution is 2.37. The number of halogens is 2. The van der Waals surface area contributed by atoms with Crippen LogP contribution >= 0.6 is 35.1 Å². The first-order chi connectivity index (χ1) is 15.9. The molecule has 34 heavy (non-hydrogen) atoms. The summed E-state index contributed by atoms with van der Waals surface area (Å²) in [5, 5.41) is 0.890. The van der Waals surface area contributed by atoms with E-state index in [2.05, 4.69) is 27.4 Å². The van der Waals surface area contributed by atoms with Gasteiger partial charge in [-0.3, -0.25) is 0 Å². The first-order valence-corrected chi connectivity index (χ1v) is 13.4. The quantitative estimate of drug-likeness (QED) is 0.193. The maximum absolute atomic E-state index is 12.7. The molecule has 1 unspecified atom stereocenters. The van der Waals surface area contributed by atoms with E-state index in [0.717, 1.165) is 37.0 Å². The zero-order valence-corrected chi connectivity index (χ0v) is 23.6. The maximum Gasteiger partial charge on any atom is 0.410 e. The second-order valence-corrected chi connectivity index (χ2v) is 12.4. The Bertz CT molecular complexity index is 897. The van der Waals surface area contributed by atoms with Crippen molar-refractivity contribution in [3.63, 3.8) is 0 Å². The third-order valence-electron chi connectivity index (χ3n) is 5.66. The molecular weight excluding hydrogens is 491 g/mol. The van der Waals surface area contributed by atoms with Crippen LogP contribution in [-0.2, 0) is 4.74 Å². The molecule has 8 heteroatoms. The minimum Gasteiger partial charge on any atom is -0.489 e. The number of carbonyl (C=O) groups excluding carboxylic acids is 1. The Kier molecular flexibility index (Phi) is 10.7. The zero-order chi connectivity index (χ0) is 25.5. The number of amides is 1. The van der Waals surface area contributed by atoms with Gasteiger partial charge in [-0.2, -0.15) is 0 Å². The molecule has 1 aromatic rings. The van der Waals surface area contributed by atoms with Gasteiger partial charge in [0, 0.05) is 35.4 Å². The van der Waals surface area contributed by atoms with Gasteiger partial charge in [-0.25, -0.2) is 9.19 Å². The summed E-state index contributed by atoms with van der Waals surface area (Å²) in [7, 11) is 0. The first-order valence-electron chi connectivity index (χ1n) is 11.8. The number of ether oxygens (including phenoxy) is 2. The number of hydrogen-bond acceptors (Lipinski definition) is 5. The highest BCUT2D eigenvalue weighted by molar-refractivity contribution is 7.99. The van der Waals surface area contributed by atoms with Gasteiger partial charge in [-0.1, -0.05) is 42.8 Å². The van der Waals surface area contributed by atoms with Gasteiger partial charge in [0.25, 0.3) is 0 Å². The Morgan fingerprint density at radius 2 is 1.88 bits per heavy atom. The second kappa shape index (κ2) is 12.5. The monoisotopic (exact) mass is 528 g/mol. The van der Waals surface area contributed by atoms with Crippen molar-refractivity contribution in [2.75, 3.05) is 19.7 Å². The predicted molar refractivity (Wildman–Crippen MR) is 146 cm³/mol. The Balaban J connectivity index is 2.41. The summed E-state index contributed by atoms with van der Waals surface area (Å²) in [5.41, 5.74) is 1.25. The average molecular weight is 530 g/mol. The zero-order valence-electron chi connectivity index (χ0n) is 21.2. The number of likely N-dealkylation sites (tertiary alicyclic amines) is 1. The van der Waals surface area contributed by atoms with Gasteiger partial charge >= 0.3 is 6.09 Å². The van der Waals surface area contributed by atoms with Gasteiger partial charge in [0.1, 0.15) is 18.0 Å². The molecule has 0 N–H and O–H groups in total. The highest BCUT2D eigenvalue weighted by atomic mass is 35.5. The van der Waals surface area contributed by atoms with Crippen LogP contribution in [0.5, 0.6) is 5.75 Å². The summed E-state index contributed by atoms with van der Waals surface area (Å²) in [5.74, 6) is 0.770. The fourth-order valence-electron chi connectivity index (χ4n) is 3.46. The minimum absolute atomic E-state index is 0.0170. The maximum atomic E-state index is 12.7. The molecule has 0 aromatic heterocycles. The number of benzene rings is 1. The molecule has 0 spiro atoms. The Morgan fingerprint density at radius 3 is 2.50 bits per heavy atom. The molecule has 2 rings (SSSR count). The summed E-state index contributed by atoms with van der Waals surface area (Å²) in [4.78, 5) is 14.5. The number of carbonyl (C=O) groups is 1. The smallest absolute Gasteiger partial charge is 0.410 e. The van der Waals surface area contributed by atoms with Crippen LogP contribution in [0, 0.1) is 5.92 Å². The van der Waals surface area contributed by atoms with Crippen LogP contribution in [0.15, 0.2) is 29.2 Å². The topological polar surface area (TPSA) is 51.1 Å². The second-order valence-electron chi connectivity index (χ2n) is 10.1. The normalized spacial score (nSPS) is 17.8. The van der Waals surface area contributed by atoms with E-state index in [1.54, 1.807) is 29.0 Å². The van der Waals surface area contributed by atoms with Gasteiger partial charge in [-0.05, 0) is 78.3 Å². The lowest BCUT2D eigenvalue weighted by Gasteiger charge is -2.26. The molecule has 190 valence electrons. The van der Waals surface area contributed by atoms with Crippen LogP contribution in [-0.4, -0.2) is 46.7 Å². The van der Waals surface area contributed by atoms with Crippen molar-refractivity contribution in [1.29, 1.82) is 0 Å². The lowest BCUT2D eigenvalue weighted by molar-refractivity contribution is 0.0256. The van der Waals surface area contributed by atoms with Gasteiger partial charge in [0.05, 0.1) is 15.8 Å². The van der Waals surface area contributed by atoms with Crippen molar-refractivity contribution < 1.29 is 14.3 Å². The summed E-state index contributed by atoms with van der Waals surface area (Å²) in [6.45, 7) is 17.5. The van der Waals surface area contributed by atoms with Crippen LogP contribution in [0.2, 0.25) is 10.0 Å². The van der Waals surface area contributed by atoms with Crippen molar-refractivity contribution in [3.05, 3.63) is 40.4 Å². The molecular formula is C26H38Cl2N2O3S. The highest BCUT2D eigenvalue weighted by Gasteiger charge is 2.30. The molecule has 0 saturated carbocycles. The van der Waals surface area contributed by atoms with Crippen LogP contribution in [0.4, 0.5) is 4.79 Å². The molecule has 1 aliphatic rings. The Hall–Kier alpha value is -1.37. The molecule has 1 heterocycles. The minimum atomic E-state index is -0.519. The molecule has 1 aliphatic heterocycles. The summed E-state index contributed by atoms with van der Waals surface area (Å²) in [6, 6.07) is 3.59. The van der Waals surface area contributed by atoms with Crippen molar-refractivity contribution in [3.8, 4) is 5.75 Å². The van der Waals surface area contributed by atoms with Crippen molar-refractivity contribution >= 4 is 47.0 Å². The van der Waals surface area contributed by atoms with E-state index < -0.39 is 5.60 Å². The van der Waals surface area contributed by atoms with E-state index >= 15 is 0 Å². The molecule has 1 aromatic carbocycles. The Morgan fingerprint density at radius 1 is 1.21 bits per heavy atom. The number of rotatable bonds is 8. The lowest BCUT2D eigenvalue weighted by Crippen LogP contribution is -2.37. The van der Waals surface area contributed by atoms with E-state index in [1.807, 2.05) is 26.8 Å². The van der Waals surface area contributed by atoms with E-state index in [-0.39, 0.29) is 16.8 Å². The van der Waals surface area contributed by atoms with Crippen LogP contribution < -0.4 is 4.74 Å². The SMILES string of the molecule is C=CCOc1cc(Cl)c(Cl)cc1/C(=N/SC(C)(C)CC)C1CCCN(C(=O)OC(C)(C)C)CC1. The summed E-state index contributed by atoms with van der Waals surface area (Å²) < 4.78 is 16.6. The largest absolute Gasteiger partial charge is 0.489 e. The fraction of sp³-hybridized carbons (Fsp3) is 0.615. The van der Waals surface area contributed by atoms with Crippen molar-refractivity contribution in [2.24, 2.45) is 10.3 Å². The van der Waals surface area contributed by atoms with E-state index in [1.165, 1.54) is 0 Å². The predicted octanol–water partition coefficient (Wildman–Crippen LogP) is 8.22. The average Bonchev–Trinajstić information content (AvgIpc) is 3.00. The standard InChI is InChI=1S/C26H38Cl2N2O3S/c1-8-15-32-22-17-21(28)20(27)16-19(22)23(29-34-26(6,7)9-2)18-11-10-13-30(14-12-18)24(31)33-25(3,4)5/h8,16-18H,1,9-15H2,2-7H3/b29-23+. The first kappa shape index (κ1) is 28.9. The van der Waals surface area contributed by atoms with Crippen LogP contribution in [0.25, 0.3) is 0 Å². The van der Waals surface area contributed by atoms with E-state index in [0.29, 0.717) is 35.5 Å². The molecule has 1 fully saturated rings. The lowest BCUT2D eigenvalue weighted by atomic mass is 9.90. The summed E-state index contributed by atoms with van der Waals surface area (Å²) >= 11 is 14.3. The number of nitrogens with zero attached hydrogens (tertiary/aromatic N) is 2. The molecule has 1 atom stereocenters. The summed E-state index contributed by atoms with van der Waals surface area (Å²) in [6.07, 6.45) is 4.93. The van der Waals surface area contributed by atoms with Crippen LogP contribution in [0.3, 0.4) is 0 Å².